The topological polar surface area (TPSA) is 55.1 Å². The highest BCUT2D eigenvalue weighted by atomic mass is 19.3. The van der Waals surface area contributed by atoms with Crippen molar-refractivity contribution in [2.75, 3.05) is 0 Å². The largest absolute Gasteiger partial charge is 0.478 e. The number of carboxylic acid groups (broad SMARTS) is 1. The average Bonchev–Trinajstić information content (AvgIpc) is 2.81. The quantitative estimate of drug-likeness (QED) is 0.936. The monoisotopic (exact) mass is 284 g/mol. The molecule has 0 saturated carbocycles. The molecule has 0 bridgehead atoms. The fourth-order valence-corrected chi connectivity index (χ4v) is 1.96. The molecule has 0 spiro atoms. The highest BCUT2D eigenvalue weighted by Crippen LogP contribution is 2.32. The Balaban J connectivity index is 2.67. The summed E-state index contributed by atoms with van der Waals surface area (Å²) in [6.45, 7) is 2.00. The van der Waals surface area contributed by atoms with Crippen LogP contribution in [-0.2, 0) is 6.54 Å². The summed E-state index contributed by atoms with van der Waals surface area (Å²) in [5, 5.41) is 12.7. The third-order valence-corrected chi connectivity index (χ3v) is 2.82. The van der Waals surface area contributed by atoms with E-state index in [2.05, 4.69) is 5.10 Å². The molecule has 0 radical (unpaired) electrons. The van der Waals surface area contributed by atoms with Crippen LogP contribution in [0.2, 0.25) is 0 Å². The van der Waals surface area contributed by atoms with Gasteiger partial charge in [0, 0.05) is 12.1 Å². The second-order valence-electron chi connectivity index (χ2n) is 4.10. The summed E-state index contributed by atoms with van der Waals surface area (Å²) in [7, 11) is 0. The molecule has 0 atom stereocenters. The summed E-state index contributed by atoms with van der Waals surface area (Å²) in [4.78, 5) is 10.9. The van der Waals surface area contributed by atoms with E-state index in [-0.39, 0.29) is 22.4 Å². The lowest BCUT2D eigenvalue weighted by Crippen LogP contribution is -2.03. The Bertz CT molecular complexity index is 653. The zero-order valence-corrected chi connectivity index (χ0v) is 10.5. The van der Waals surface area contributed by atoms with E-state index in [4.69, 9.17) is 5.11 Å². The van der Waals surface area contributed by atoms with E-state index < -0.39 is 18.2 Å². The number of benzene rings is 1. The molecule has 2 rings (SSSR count). The van der Waals surface area contributed by atoms with Gasteiger partial charge in [-0.15, -0.1) is 0 Å². The fraction of sp³-hybridized carbons (Fsp3) is 0.231. The van der Waals surface area contributed by atoms with Gasteiger partial charge >= 0.3 is 5.97 Å². The highest BCUT2D eigenvalue weighted by molar-refractivity contribution is 5.89. The van der Waals surface area contributed by atoms with Crippen LogP contribution in [0.3, 0.4) is 0 Å². The van der Waals surface area contributed by atoms with Crippen molar-refractivity contribution in [1.82, 2.24) is 9.78 Å². The van der Waals surface area contributed by atoms with E-state index in [0.29, 0.717) is 6.54 Å². The van der Waals surface area contributed by atoms with Crippen LogP contribution in [0.1, 0.15) is 29.3 Å². The molecule has 4 nitrogen and oxygen atoms in total. The van der Waals surface area contributed by atoms with Gasteiger partial charge in [-0.25, -0.2) is 18.0 Å². The molecule has 0 aliphatic carbocycles. The number of nitrogens with zero attached hydrogens (tertiary/aromatic N) is 2. The van der Waals surface area contributed by atoms with Crippen molar-refractivity contribution in [3.8, 4) is 11.3 Å². The van der Waals surface area contributed by atoms with E-state index in [1.165, 1.54) is 4.68 Å². The van der Waals surface area contributed by atoms with Gasteiger partial charge in [-0.1, -0.05) is 0 Å². The molecule has 0 amide bonds. The SMILES string of the molecule is CCn1ncc(C(F)F)c1-c1cc(F)cc(C(=O)O)c1. The number of aromatic nitrogens is 2. The molecule has 0 aliphatic rings. The van der Waals surface area contributed by atoms with Crippen LogP contribution in [0.25, 0.3) is 11.3 Å². The summed E-state index contributed by atoms with van der Waals surface area (Å²) in [6, 6.07) is 3.00. The Hall–Kier alpha value is -2.31. The normalized spacial score (nSPS) is 11.1. The number of carboxylic acids is 1. The molecule has 0 saturated heterocycles. The van der Waals surface area contributed by atoms with Gasteiger partial charge < -0.3 is 5.11 Å². The first-order chi connectivity index (χ1) is 9.43. The lowest BCUT2D eigenvalue weighted by molar-refractivity contribution is 0.0696. The average molecular weight is 284 g/mol. The van der Waals surface area contributed by atoms with Crippen molar-refractivity contribution < 1.29 is 23.1 Å². The molecule has 1 aromatic carbocycles. The van der Waals surface area contributed by atoms with Gasteiger partial charge in [0.25, 0.3) is 6.43 Å². The second kappa shape index (κ2) is 5.36. The van der Waals surface area contributed by atoms with Crippen LogP contribution in [-0.4, -0.2) is 20.9 Å². The molecule has 1 N–H and O–H groups in total. The van der Waals surface area contributed by atoms with Gasteiger partial charge in [0.2, 0.25) is 0 Å². The predicted octanol–water partition coefficient (Wildman–Crippen LogP) is 3.34. The maximum absolute atomic E-state index is 13.5. The van der Waals surface area contributed by atoms with Crippen LogP contribution in [0.4, 0.5) is 13.2 Å². The van der Waals surface area contributed by atoms with E-state index in [1.807, 2.05) is 0 Å². The molecule has 20 heavy (non-hydrogen) atoms. The zero-order chi connectivity index (χ0) is 14.9. The van der Waals surface area contributed by atoms with Crippen molar-refractivity contribution in [2.45, 2.75) is 19.9 Å². The van der Waals surface area contributed by atoms with E-state index in [1.54, 1.807) is 6.92 Å². The Kier molecular flexibility index (Phi) is 3.78. The summed E-state index contributed by atoms with van der Waals surface area (Å²) in [5.41, 5.74) is -0.556. The minimum atomic E-state index is -2.78. The fourth-order valence-electron chi connectivity index (χ4n) is 1.96. The number of rotatable bonds is 4. The maximum Gasteiger partial charge on any atom is 0.335 e. The standard InChI is InChI=1S/C13H11F3N2O2/c1-2-18-11(10(6-17-18)12(15)16)7-3-8(13(19)20)5-9(14)4-7/h3-6,12H,2H2,1H3,(H,19,20). The molecule has 1 aromatic heterocycles. The summed E-state index contributed by atoms with van der Waals surface area (Å²) >= 11 is 0. The van der Waals surface area contributed by atoms with Crippen LogP contribution in [0, 0.1) is 5.82 Å². The molecule has 106 valence electrons. The van der Waals surface area contributed by atoms with Crippen molar-refractivity contribution in [2.24, 2.45) is 0 Å². The zero-order valence-electron chi connectivity index (χ0n) is 10.5. The van der Waals surface area contributed by atoms with Crippen LogP contribution < -0.4 is 0 Å². The Morgan fingerprint density at radius 3 is 2.65 bits per heavy atom. The molecule has 1 heterocycles. The Labute approximate surface area is 112 Å². The van der Waals surface area contributed by atoms with Gasteiger partial charge in [0.1, 0.15) is 5.82 Å². The number of hydrogen-bond acceptors (Lipinski definition) is 2. The minimum Gasteiger partial charge on any atom is -0.478 e. The number of carbonyl (C=O) groups is 1. The molecular formula is C13H11F3N2O2. The van der Waals surface area contributed by atoms with Gasteiger partial charge in [-0.05, 0) is 25.1 Å². The van der Waals surface area contributed by atoms with Gasteiger partial charge in [0.05, 0.1) is 23.0 Å². The molecule has 0 aliphatic heterocycles. The number of alkyl halides is 2. The van der Waals surface area contributed by atoms with Crippen molar-refractivity contribution in [1.29, 1.82) is 0 Å². The molecular weight excluding hydrogens is 273 g/mol. The second-order valence-corrected chi connectivity index (χ2v) is 4.10. The third kappa shape index (κ3) is 2.52. The summed E-state index contributed by atoms with van der Waals surface area (Å²) in [6.07, 6.45) is -1.77. The Morgan fingerprint density at radius 2 is 2.10 bits per heavy atom. The van der Waals surface area contributed by atoms with Crippen LogP contribution in [0.5, 0.6) is 0 Å². The van der Waals surface area contributed by atoms with Crippen molar-refractivity contribution >= 4 is 5.97 Å². The highest BCUT2D eigenvalue weighted by Gasteiger charge is 2.21. The smallest absolute Gasteiger partial charge is 0.335 e. The number of hydrogen-bond donors (Lipinski definition) is 1. The molecule has 0 fully saturated rings. The minimum absolute atomic E-state index is 0.0319. The number of aryl methyl sites for hydroxylation is 1. The van der Waals surface area contributed by atoms with E-state index in [0.717, 1.165) is 24.4 Å². The van der Waals surface area contributed by atoms with Gasteiger partial charge in [0.15, 0.2) is 0 Å². The molecule has 7 heteroatoms. The van der Waals surface area contributed by atoms with Crippen molar-refractivity contribution in [3.05, 3.63) is 41.3 Å². The van der Waals surface area contributed by atoms with Crippen LogP contribution in [0.15, 0.2) is 24.4 Å². The first-order valence-electron chi connectivity index (χ1n) is 5.82. The molecule has 0 unspecified atom stereocenters. The lowest BCUT2D eigenvalue weighted by Gasteiger charge is -2.09. The first kappa shape index (κ1) is 14.1. The predicted molar refractivity (Wildman–Crippen MR) is 65.2 cm³/mol. The van der Waals surface area contributed by atoms with Gasteiger partial charge in [-0.2, -0.15) is 5.10 Å². The van der Waals surface area contributed by atoms with E-state index in [9.17, 15) is 18.0 Å². The third-order valence-electron chi connectivity index (χ3n) is 2.82. The first-order valence-corrected chi connectivity index (χ1v) is 5.82. The van der Waals surface area contributed by atoms with Crippen LogP contribution >= 0.6 is 0 Å². The number of aromatic carboxylic acids is 1. The van der Waals surface area contributed by atoms with Crippen molar-refractivity contribution in [3.63, 3.8) is 0 Å². The molecule has 2 aromatic rings. The lowest BCUT2D eigenvalue weighted by atomic mass is 10.0. The summed E-state index contributed by atoms with van der Waals surface area (Å²) in [5.74, 6) is -2.13. The summed E-state index contributed by atoms with van der Waals surface area (Å²) < 4.78 is 40.7. The Morgan fingerprint density at radius 1 is 1.40 bits per heavy atom. The number of halogens is 3. The van der Waals surface area contributed by atoms with Gasteiger partial charge in [-0.3, -0.25) is 4.68 Å². The maximum atomic E-state index is 13.5. The van der Waals surface area contributed by atoms with E-state index >= 15 is 0 Å².